The van der Waals surface area contributed by atoms with Crippen LogP contribution in [0.3, 0.4) is 0 Å². The lowest BCUT2D eigenvalue weighted by Crippen LogP contribution is -1.96. The number of methoxy groups -OCH3 is 1. The van der Waals surface area contributed by atoms with E-state index in [-0.39, 0.29) is 0 Å². The minimum Gasteiger partial charge on any atom is -0.380 e. The van der Waals surface area contributed by atoms with Gasteiger partial charge in [0.2, 0.25) is 0 Å². The number of aryl methyl sites for hydroxylation is 1. The Kier molecular flexibility index (Phi) is 3.76. The number of nitrogen functional groups attached to an aromatic ring is 1. The summed E-state index contributed by atoms with van der Waals surface area (Å²) in [6.45, 7) is 2.64. The van der Waals surface area contributed by atoms with Crippen LogP contribution in [0.5, 0.6) is 0 Å². The monoisotopic (exact) mass is 248 g/mol. The molecule has 2 N–H and O–H groups in total. The Labute approximate surface area is 105 Å². The second-order valence-electron chi connectivity index (χ2n) is 3.94. The maximum Gasteiger partial charge on any atom is 0.180 e. The molecule has 3 nitrogen and oxygen atoms in total. The molecule has 2 rings (SSSR count). The van der Waals surface area contributed by atoms with E-state index in [9.17, 15) is 0 Å². The molecule has 0 bridgehead atoms. The predicted molar refractivity (Wildman–Crippen MR) is 71.2 cm³/mol. The third kappa shape index (κ3) is 2.84. The molecule has 0 radical (unpaired) electrons. The summed E-state index contributed by atoms with van der Waals surface area (Å²) in [4.78, 5) is 5.48. The first-order chi connectivity index (χ1) is 8.20. The number of nitrogens with zero attached hydrogens (tertiary/aromatic N) is 1. The highest BCUT2D eigenvalue weighted by molar-refractivity contribution is 7.15. The topological polar surface area (TPSA) is 48.1 Å². The zero-order valence-corrected chi connectivity index (χ0v) is 10.9. The SMILES string of the molecule is COCc1ccccc1Cc1sc(N)nc1C. The molecule has 90 valence electrons. The number of rotatable bonds is 4. The normalized spacial score (nSPS) is 10.7. The van der Waals surface area contributed by atoms with Gasteiger partial charge in [-0.05, 0) is 18.1 Å². The van der Waals surface area contributed by atoms with Crippen LogP contribution in [0.15, 0.2) is 24.3 Å². The molecule has 0 unspecified atom stereocenters. The summed E-state index contributed by atoms with van der Waals surface area (Å²) < 4.78 is 5.20. The van der Waals surface area contributed by atoms with Crippen LogP contribution in [-0.4, -0.2) is 12.1 Å². The summed E-state index contributed by atoms with van der Waals surface area (Å²) >= 11 is 1.56. The van der Waals surface area contributed by atoms with Crippen LogP contribution >= 0.6 is 11.3 Å². The second-order valence-corrected chi connectivity index (χ2v) is 5.05. The summed E-state index contributed by atoms with van der Waals surface area (Å²) in [7, 11) is 1.71. The van der Waals surface area contributed by atoms with Gasteiger partial charge >= 0.3 is 0 Å². The van der Waals surface area contributed by atoms with Gasteiger partial charge in [-0.1, -0.05) is 24.3 Å². The average molecular weight is 248 g/mol. The van der Waals surface area contributed by atoms with E-state index in [4.69, 9.17) is 10.5 Å². The number of anilines is 1. The van der Waals surface area contributed by atoms with E-state index in [1.165, 1.54) is 16.0 Å². The van der Waals surface area contributed by atoms with E-state index in [0.717, 1.165) is 12.1 Å². The summed E-state index contributed by atoms with van der Waals surface area (Å²) in [5.41, 5.74) is 9.24. The molecule has 0 aliphatic rings. The van der Waals surface area contributed by atoms with Gasteiger partial charge in [-0.3, -0.25) is 0 Å². The van der Waals surface area contributed by atoms with Crippen molar-refractivity contribution in [3.05, 3.63) is 46.0 Å². The summed E-state index contributed by atoms with van der Waals surface area (Å²) in [6.07, 6.45) is 0.875. The molecule has 0 aliphatic carbocycles. The van der Waals surface area contributed by atoms with E-state index in [0.29, 0.717) is 11.7 Å². The lowest BCUT2D eigenvalue weighted by Gasteiger charge is -2.07. The molecular weight excluding hydrogens is 232 g/mol. The van der Waals surface area contributed by atoms with Gasteiger partial charge in [0.25, 0.3) is 0 Å². The molecule has 17 heavy (non-hydrogen) atoms. The molecular formula is C13H16N2OS. The lowest BCUT2D eigenvalue weighted by atomic mass is 10.0. The molecule has 1 aromatic carbocycles. The number of benzene rings is 1. The number of hydrogen-bond acceptors (Lipinski definition) is 4. The van der Waals surface area contributed by atoms with Gasteiger partial charge in [0.15, 0.2) is 5.13 Å². The Hall–Kier alpha value is -1.39. The third-order valence-corrected chi connectivity index (χ3v) is 3.67. The molecule has 1 aromatic heterocycles. The van der Waals surface area contributed by atoms with Crippen LogP contribution in [0.4, 0.5) is 5.13 Å². The Morgan fingerprint density at radius 2 is 2.00 bits per heavy atom. The first-order valence-corrected chi connectivity index (χ1v) is 6.30. The van der Waals surface area contributed by atoms with Crippen molar-refractivity contribution < 1.29 is 4.74 Å². The van der Waals surface area contributed by atoms with Crippen LogP contribution in [0.2, 0.25) is 0 Å². The Bertz CT molecular complexity index is 508. The van der Waals surface area contributed by atoms with Gasteiger partial charge in [0, 0.05) is 18.4 Å². The van der Waals surface area contributed by atoms with Crippen LogP contribution in [0.25, 0.3) is 0 Å². The van der Waals surface area contributed by atoms with Gasteiger partial charge < -0.3 is 10.5 Å². The minimum atomic E-state index is 0.640. The molecule has 1 heterocycles. The van der Waals surface area contributed by atoms with E-state index >= 15 is 0 Å². The standard InChI is InChI=1S/C13H16N2OS/c1-9-12(17-13(14)15-9)7-10-5-3-4-6-11(10)8-16-2/h3-6H,7-8H2,1-2H3,(H2,14,15). The first-order valence-electron chi connectivity index (χ1n) is 5.48. The zero-order chi connectivity index (χ0) is 12.3. The molecule has 0 atom stereocenters. The van der Waals surface area contributed by atoms with Gasteiger partial charge in [-0.2, -0.15) is 0 Å². The van der Waals surface area contributed by atoms with Crippen molar-refractivity contribution in [3.63, 3.8) is 0 Å². The average Bonchev–Trinajstić information content (AvgIpc) is 2.61. The molecule has 0 aliphatic heterocycles. The lowest BCUT2D eigenvalue weighted by molar-refractivity contribution is 0.184. The molecule has 0 saturated carbocycles. The summed E-state index contributed by atoms with van der Waals surface area (Å²) in [5.74, 6) is 0. The summed E-state index contributed by atoms with van der Waals surface area (Å²) in [5, 5.41) is 0.640. The van der Waals surface area contributed by atoms with Crippen molar-refractivity contribution in [2.24, 2.45) is 0 Å². The van der Waals surface area contributed by atoms with Crippen LogP contribution in [0, 0.1) is 6.92 Å². The Morgan fingerprint density at radius 3 is 2.59 bits per heavy atom. The van der Waals surface area contributed by atoms with Crippen molar-refractivity contribution >= 4 is 16.5 Å². The zero-order valence-electron chi connectivity index (χ0n) is 10.1. The number of nitrogens with two attached hydrogens (primary N) is 1. The van der Waals surface area contributed by atoms with Crippen molar-refractivity contribution in [1.29, 1.82) is 0 Å². The highest BCUT2D eigenvalue weighted by Gasteiger charge is 2.08. The molecule has 4 heteroatoms. The third-order valence-electron chi connectivity index (χ3n) is 2.68. The smallest absolute Gasteiger partial charge is 0.180 e. The highest BCUT2D eigenvalue weighted by Crippen LogP contribution is 2.24. The van der Waals surface area contributed by atoms with Crippen molar-refractivity contribution in [2.45, 2.75) is 20.0 Å². The molecule has 2 aromatic rings. The van der Waals surface area contributed by atoms with Crippen LogP contribution in [-0.2, 0) is 17.8 Å². The maximum atomic E-state index is 5.71. The number of thiazole rings is 1. The van der Waals surface area contributed by atoms with Crippen LogP contribution in [0.1, 0.15) is 21.7 Å². The van der Waals surface area contributed by atoms with E-state index in [1.54, 1.807) is 18.4 Å². The number of hydrogen-bond donors (Lipinski definition) is 1. The quantitative estimate of drug-likeness (QED) is 0.905. The second kappa shape index (κ2) is 5.29. The fraction of sp³-hybridized carbons (Fsp3) is 0.308. The minimum absolute atomic E-state index is 0.640. The van der Waals surface area contributed by atoms with Crippen molar-refractivity contribution in [2.75, 3.05) is 12.8 Å². The number of aromatic nitrogens is 1. The predicted octanol–water partition coefficient (Wildman–Crippen LogP) is 2.77. The van der Waals surface area contributed by atoms with E-state index < -0.39 is 0 Å². The highest BCUT2D eigenvalue weighted by atomic mass is 32.1. The molecule has 0 spiro atoms. The van der Waals surface area contributed by atoms with Gasteiger partial charge in [-0.25, -0.2) is 4.98 Å². The van der Waals surface area contributed by atoms with Gasteiger partial charge in [0.05, 0.1) is 12.3 Å². The van der Waals surface area contributed by atoms with Gasteiger partial charge in [0.1, 0.15) is 0 Å². The maximum absolute atomic E-state index is 5.71. The first kappa shape index (κ1) is 12.1. The molecule has 0 amide bonds. The molecule has 0 saturated heterocycles. The fourth-order valence-corrected chi connectivity index (χ4v) is 2.67. The Balaban J connectivity index is 2.26. The summed E-state index contributed by atoms with van der Waals surface area (Å²) in [6, 6.07) is 8.31. The van der Waals surface area contributed by atoms with Crippen molar-refractivity contribution in [1.82, 2.24) is 4.98 Å². The van der Waals surface area contributed by atoms with E-state index in [1.807, 2.05) is 19.1 Å². The fourth-order valence-electron chi connectivity index (χ4n) is 1.81. The largest absolute Gasteiger partial charge is 0.380 e. The van der Waals surface area contributed by atoms with E-state index in [2.05, 4.69) is 17.1 Å². The van der Waals surface area contributed by atoms with Crippen LogP contribution < -0.4 is 5.73 Å². The Morgan fingerprint density at radius 1 is 1.29 bits per heavy atom. The van der Waals surface area contributed by atoms with Gasteiger partial charge in [-0.15, -0.1) is 11.3 Å². The van der Waals surface area contributed by atoms with Crippen molar-refractivity contribution in [3.8, 4) is 0 Å². The molecule has 0 fully saturated rings. The number of ether oxygens (including phenoxy) is 1.